The van der Waals surface area contributed by atoms with E-state index in [0.29, 0.717) is 27.9 Å². The molecule has 0 aliphatic carbocycles. The van der Waals surface area contributed by atoms with Gasteiger partial charge in [0.1, 0.15) is 0 Å². The van der Waals surface area contributed by atoms with Crippen LogP contribution in [0.1, 0.15) is 36.6 Å². The van der Waals surface area contributed by atoms with Gasteiger partial charge in [-0.2, -0.15) is 0 Å². The lowest BCUT2D eigenvalue weighted by atomic mass is 10.0. The predicted molar refractivity (Wildman–Crippen MR) is 104 cm³/mol. The number of amides is 2. The molecule has 3 aromatic carbocycles. The van der Waals surface area contributed by atoms with Gasteiger partial charge in [0.25, 0.3) is 11.8 Å². The average Bonchev–Trinajstić information content (AvgIpc) is 2.74. The lowest BCUT2D eigenvalue weighted by Gasteiger charge is -2.07. The van der Waals surface area contributed by atoms with E-state index in [1.54, 1.807) is 67.7 Å². The molecule has 0 fully saturated rings. The first kappa shape index (κ1) is 18.1. The first-order valence-corrected chi connectivity index (χ1v) is 8.42. The van der Waals surface area contributed by atoms with E-state index in [1.807, 2.05) is 18.2 Å². The molecule has 2 N–H and O–H groups in total. The second kappa shape index (κ2) is 8.10. The zero-order chi connectivity index (χ0) is 19.2. The van der Waals surface area contributed by atoms with Gasteiger partial charge in [-0.25, -0.2) is 0 Å². The Kier molecular flexibility index (Phi) is 5.42. The summed E-state index contributed by atoms with van der Waals surface area (Å²) in [5.41, 5.74) is 2.66. The minimum Gasteiger partial charge on any atom is -0.355 e. The van der Waals surface area contributed by atoms with E-state index < -0.39 is 0 Å². The van der Waals surface area contributed by atoms with Crippen LogP contribution in [0.15, 0.2) is 78.9 Å². The monoisotopic (exact) mass is 358 g/mol. The Bertz CT molecular complexity index is 963. The average molecular weight is 358 g/mol. The highest BCUT2D eigenvalue weighted by molar-refractivity contribution is 6.10. The Morgan fingerprint density at radius 2 is 1.07 bits per heavy atom. The van der Waals surface area contributed by atoms with Gasteiger partial charge in [-0.1, -0.05) is 42.5 Å². The first-order chi connectivity index (χ1) is 13.1. The highest BCUT2D eigenvalue weighted by Crippen LogP contribution is 2.14. The molecule has 0 saturated heterocycles. The van der Waals surface area contributed by atoms with E-state index in [2.05, 4.69) is 10.6 Å². The number of nitrogens with one attached hydrogen (secondary N) is 2. The van der Waals surface area contributed by atoms with E-state index in [-0.39, 0.29) is 17.6 Å². The molecule has 0 unspecified atom stereocenters. The van der Waals surface area contributed by atoms with Crippen LogP contribution in [0.25, 0.3) is 0 Å². The number of benzene rings is 3. The number of hydrogen-bond acceptors (Lipinski definition) is 3. The van der Waals surface area contributed by atoms with Crippen LogP contribution >= 0.6 is 0 Å². The van der Waals surface area contributed by atoms with Crippen molar-refractivity contribution < 1.29 is 14.4 Å². The van der Waals surface area contributed by atoms with Gasteiger partial charge in [0.2, 0.25) is 0 Å². The molecule has 0 atom stereocenters. The Balaban J connectivity index is 1.69. The van der Waals surface area contributed by atoms with Crippen LogP contribution in [-0.4, -0.2) is 24.6 Å². The molecule has 0 aromatic heterocycles. The highest BCUT2D eigenvalue weighted by Gasteiger charge is 2.11. The van der Waals surface area contributed by atoms with Crippen LogP contribution in [0.2, 0.25) is 0 Å². The van der Waals surface area contributed by atoms with Crippen LogP contribution in [0.5, 0.6) is 0 Å². The maximum Gasteiger partial charge on any atom is 0.255 e. The summed E-state index contributed by atoms with van der Waals surface area (Å²) in [6, 6.07) is 22.1. The summed E-state index contributed by atoms with van der Waals surface area (Å²) in [6.07, 6.45) is 0. The van der Waals surface area contributed by atoms with Crippen LogP contribution in [0.4, 0.5) is 5.69 Å². The quantitative estimate of drug-likeness (QED) is 0.685. The molecule has 3 aromatic rings. The summed E-state index contributed by atoms with van der Waals surface area (Å²) in [5, 5.41) is 5.31. The zero-order valence-electron chi connectivity index (χ0n) is 14.7. The summed E-state index contributed by atoms with van der Waals surface area (Å²) in [6.45, 7) is 0. The minimum absolute atomic E-state index is 0.0904. The van der Waals surface area contributed by atoms with Crippen molar-refractivity contribution in [3.63, 3.8) is 0 Å². The van der Waals surface area contributed by atoms with Gasteiger partial charge in [0.05, 0.1) is 0 Å². The Labute approximate surface area is 157 Å². The Morgan fingerprint density at radius 3 is 1.67 bits per heavy atom. The lowest BCUT2D eigenvalue weighted by molar-refractivity contribution is 0.0961. The normalized spacial score (nSPS) is 10.1. The second-order valence-electron chi connectivity index (χ2n) is 5.88. The van der Waals surface area contributed by atoms with Crippen LogP contribution in [-0.2, 0) is 0 Å². The molecule has 3 rings (SSSR count). The topological polar surface area (TPSA) is 75.3 Å². The number of anilines is 1. The van der Waals surface area contributed by atoms with Crippen molar-refractivity contribution >= 4 is 23.3 Å². The molecule has 0 heterocycles. The van der Waals surface area contributed by atoms with Crippen molar-refractivity contribution in [2.24, 2.45) is 0 Å². The number of carbonyl (C=O) groups is 3. The summed E-state index contributed by atoms with van der Waals surface area (Å²) >= 11 is 0. The van der Waals surface area contributed by atoms with E-state index in [9.17, 15) is 14.4 Å². The fourth-order valence-electron chi connectivity index (χ4n) is 2.58. The van der Waals surface area contributed by atoms with Gasteiger partial charge in [-0.3, -0.25) is 14.4 Å². The molecule has 0 aliphatic heterocycles. The van der Waals surface area contributed by atoms with Crippen molar-refractivity contribution in [3.8, 4) is 0 Å². The van der Waals surface area contributed by atoms with Crippen molar-refractivity contribution in [2.45, 2.75) is 0 Å². The van der Waals surface area contributed by atoms with Gasteiger partial charge in [-0.15, -0.1) is 0 Å². The second-order valence-corrected chi connectivity index (χ2v) is 5.88. The number of hydrogen-bond donors (Lipinski definition) is 2. The molecule has 0 radical (unpaired) electrons. The fraction of sp³-hybridized carbons (Fsp3) is 0.0455. The molecule has 5 nitrogen and oxygen atoms in total. The van der Waals surface area contributed by atoms with E-state index in [1.165, 1.54) is 0 Å². The molecule has 134 valence electrons. The Morgan fingerprint density at radius 1 is 0.593 bits per heavy atom. The standard InChI is InChI=1S/C22H18N2O3/c1-23-21(26)17-11-13-19(14-12-17)24-22(27)18-9-7-16(8-10-18)20(25)15-5-3-2-4-6-15/h2-14H,1H3,(H,23,26)(H,24,27). The molecular weight excluding hydrogens is 340 g/mol. The number of carbonyl (C=O) groups excluding carboxylic acids is 3. The summed E-state index contributed by atoms with van der Waals surface area (Å²) < 4.78 is 0. The summed E-state index contributed by atoms with van der Waals surface area (Å²) in [5.74, 6) is -0.569. The highest BCUT2D eigenvalue weighted by atomic mass is 16.2. The van der Waals surface area contributed by atoms with Crippen molar-refractivity contribution in [3.05, 3.63) is 101 Å². The van der Waals surface area contributed by atoms with Gasteiger partial charge < -0.3 is 10.6 Å². The molecule has 0 aliphatic rings. The van der Waals surface area contributed by atoms with Crippen molar-refractivity contribution in [1.29, 1.82) is 0 Å². The SMILES string of the molecule is CNC(=O)c1ccc(NC(=O)c2ccc(C(=O)c3ccccc3)cc2)cc1. The van der Waals surface area contributed by atoms with Gasteiger partial charge in [0.15, 0.2) is 5.78 Å². The number of rotatable bonds is 5. The smallest absolute Gasteiger partial charge is 0.255 e. The third kappa shape index (κ3) is 4.27. The van der Waals surface area contributed by atoms with Crippen molar-refractivity contribution in [1.82, 2.24) is 5.32 Å². The third-order valence-electron chi connectivity index (χ3n) is 4.08. The zero-order valence-corrected chi connectivity index (χ0v) is 14.7. The molecule has 27 heavy (non-hydrogen) atoms. The van der Waals surface area contributed by atoms with Crippen LogP contribution in [0, 0.1) is 0 Å². The summed E-state index contributed by atoms with van der Waals surface area (Å²) in [7, 11) is 1.56. The van der Waals surface area contributed by atoms with Crippen molar-refractivity contribution in [2.75, 3.05) is 12.4 Å². The summed E-state index contributed by atoms with van der Waals surface area (Å²) in [4.78, 5) is 36.3. The van der Waals surface area contributed by atoms with Gasteiger partial charge in [-0.05, 0) is 36.4 Å². The first-order valence-electron chi connectivity index (χ1n) is 8.42. The molecule has 2 amide bonds. The van der Waals surface area contributed by atoms with Crippen LogP contribution in [0.3, 0.4) is 0 Å². The maximum atomic E-state index is 12.4. The molecule has 0 saturated carbocycles. The fourth-order valence-corrected chi connectivity index (χ4v) is 2.58. The van der Waals surface area contributed by atoms with E-state index in [0.717, 1.165) is 0 Å². The molecular formula is C22H18N2O3. The predicted octanol–water partition coefficient (Wildman–Crippen LogP) is 3.53. The van der Waals surface area contributed by atoms with Crippen LogP contribution < -0.4 is 10.6 Å². The Hall–Kier alpha value is -3.73. The van der Waals surface area contributed by atoms with Gasteiger partial charge in [0, 0.05) is 35.0 Å². The minimum atomic E-state index is -0.290. The third-order valence-corrected chi connectivity index (χ3v) is 4.08. The van der Waals surface area contributed by atoms with Gasteiger partial charge >= 0.3 is 0 Å². The van der Waals surface area contributed by atoms with E-state index >= 15 is 0 Å². The maximum absolute atomic E-state index is 12.4. The lowest BCUT2D eigenvalue weighted by Crippen LogP contribution is -2.17. The number of ketones is 1. The molecule has 0 spiro atoms. The molecule has 5 heteroatoms. The van der Waals surface area contributed by atoms with E-state index in [4.69, 9.17) is 0 Å². The largest absolute Gasteiger partial charge is 0.355 e. The molecule has 0 bridgehead atoms.